The molecule has 0 saturated heterocycles. The van der Waals surface area contributed by atoms with Crippen molar-refractivity contribution < 1.29 is 17.9 Å². The first kappa shape index (κ1) is 20.7. The lowest BCUT2D eigenvalue weighted by Gasteiger charge is -2.09. The van der Waals surface area contributed by atoms with Crippen LogP contribution in [0.1, 0.15) is 19.5 Å². The second-order valence-corrected chi connectivity index (χ2v) is 9.74. The summed E-state index contributed by atoms with van der Waals surface area (Å²) in [6.45, 7) is 5.07. The Morgan fingerprint density at radius 2 is 1.65 bits per heavy atom. The lowest BCUT2D eigenvalue weighted by atomic mass is 10.1. The third kappa shape index (κ3) is 3.91. The molecule has 0 bridgehead atoms. The van der Waals surface area contributed by atoms with Crippen LogP contribution in [0.5, 0.6) is 5.75 Å². The van der Waals surface area contributed by atoms with Crippen LogP contribution in [0, 0.1) is 6.92 Å². The van der Waals surface area contributed by atoms with E-state index in [0.717, 1.165) is 0 Å². The summed E-state index contributed by atoms with van der Waals surface area (Å²) in [6, 6.07) is 13.2. The monoisotopic (exact) mass is 436 g/mol. The van der Waals surface area contributed by atoms with Crippen LogP contribution in [0.3, 0.4) is 0 Å². The first-order chi connectivity index (χ1) is 14.8. The van der Waals surface area contributed by atoms with Gasteiger partial charge >= 0.3 is 0 Å². The van der Waals surface area contributed by atoms with E-state index in [1.54, 1.807) is 69.4 Å². The van der Waals surface area contributed by atoms with E-state index >= 15 is 0 Å². The number of aromatic hydroxyl groups is 1. The fourth-order valence-corrected chi connectivity index (χ4v) is 4.02. The van der Waals surface area contributed by atoms with Gasteiger partial charge in [0.15, 0.2) is 9.84 Å². The third-order valence-corrected chi connectivity index (χ3v) is 6.99. The summed E-state index contributed by atoms with van der Waals surface area (Å²) >= 11 is 0. The molecule has 0 spiro atoms. The van der Waals surface area contributed by atoms with Crippen LogP contribution in [-0.2, 0) is 9.84 Å². The number of hydrogen-bond acceptors (Lipinski definition) is 8. The molecule has 0 aliphatic rings. The van der Waals surface area contributed by atoms with Gasteiger partial charge in [-0.05, 0) is 45.0 Å². The van der Waals surface area contributed by atoms with Crippen LogP contribution >= 0.6 is 0 Å². The van der Waals surface area contributed by atoms with Gasteiger partial charge in [0.25, 0.3) is 11.8 Å². The molecule has 4 rings (SSSR count). The minimum Gasteiger partial charge on any atom is -0.507 e. The van der Waals surface area contributed by atoms with Gasteiger partial charge in [-0.15, -0.1) is 10.2 Å². The molecule has 0 saturated carbocycles. The Bertz CT molecular complexity index is 1350. The second-order valence-electron chi connectivity index (χ2n) is 7.24. The maximum atomic E-state index is 12.3. The Hall–Kier alpha value is -3.59. The van der Waals surface area contributed by atoms with E-state index < -0.39 is 15.1 Å². The number of nitrogens with zero attached hydrogens (tertiary/aromatic N) is 4. The predicted molar refractivity (Wildman–Crippen MR) is 115 cm³/mol. The van der Waals surface area contributed by atoms with Crippen molar-refractivity contribution in [2.45, 2.75) is 30.9 Å². The molecule has 9 heteroatoms. The van der Waals surface area contributed by atoms with Crippen LogP contribution in [-0.4, -0.2) is 38.9 Å². The molecule has 0 unspecified atom stereocenters. The Balaban J connectivity index is 1.70. The minimum absolute atomic E-state index is 0.0331. The largest absolute Gasteiger partial charge is 0.507 e. The van der Waals surface area contributed by atoms with Crippen molar-refractivity contribution in [3.63, 3.8) is 0 Å². The molecular weight excluding hydrogens is 416 g/mol. The van der Waals surface area contributed by atoms with Gasteiger partial charge in [0, 0.05) is 5.56 Å². The second kappa shape index (κ2) is 7.92. The first-order valence-corrected chi connectivity index (χ1v) is 11.1. The van der Waals surface area contributed by atoms with Crippen molar-refractivity contribution in [2.75, 3.05) is 0 Å². The van der Waals surface area contributed by atoms with E-state index in [-0.39, 0.29) is 22.4 Å². The number of aromatic nitrogens is 4. The SMILES string of the molecule is Cc1ncc(-c2ccc(S(=O)(=O)C(C)C)cc2)nc1-c1nnc(-c2ccccc2O)o1. The summed E-state index contributed by atoms with van der Waals surface area (Å²) in [4.78, 5) is 9.23. The third-order valence-electron chi connectivity index (χ3n) is 4.82. The van der Waals surface area contributed by atoms with Crippen LogP contribution < -0.4 is 0 Å². The smallest absolute Gasteiger partial charge is 0.268 e. The molecule has 0 aliphatic carbocycles. The molecule has 2 aromatic heterocycles. The lowest BCUT2D eigenvalue weighted by molar-refractivity contribution is 0.473. The molecule has 31 heavy (non-hydrogen) atoms. The number of phenols is 1. The van der Waals surface area contributed by atoms with Crippen molar-refractivity contribution in [3.8, 4) is 40.0 Å². The molecular formula is C22H20N4O4S. The van der Waals surface area contributed by atoms with Crippen molar-refractivity contribution in [2.24, 2.45) is 0 Å². The van der Waals surface area contributed by atoms with E-state index in [2.05, 4.69) is 20.2 Å². The van der Waals surface area contributed by atoms with E-state index in [1.165, 1.54) is 6.07 Å². The zero-order valence-corrected chi connectivity index (χ0v) is 18.0. The van der Waals surface area contributed by atoms with Gasteiger partial charge in [0.05, 0.1) is 33.3 Å². The summed E-state index contributed by atoms with van der Waals surface area (Å²) < 4.78 is 30.4. The summed E-state index contributed by atoms with van der Waals surface area (Å²) in [5.74, 6) is 0.373. The number of benzene rings is 2. The van der Waals surface area contributed by atoms with Crippen molar-refractivity contribution >= 4 is 9.84 Å². The van der Waals surface area contributed by atoms with Gasteiger partial charge in [-0.1, -0.05) is 24.3 Å². The highest BCUT2D eigenvalue weighted by Crippen LogP contribution is 2.31. The highest BCUT2D eigenvalue weighted by molar-refractivity contribution is 7.92. The molecule has 158 valence electrons. The lowest BCUT2D eigenvalue weighted by Crippen LogP contribution is -2.13. The number of hydrogen-bond donors (Lipinski definition) is 1. The van der Waals surface area contributed by atoms with E-state index in [9.17, 15) is 13.5 Å². The maximum Gasteiger partial charge on any atom is 0.268 e. The van der Waals surface area contributed by atoms with Crippen molar-refractivity contribution in [3.05, 3.63) is 60.4 Å². The van der Waals surface area contributed by atoms with Crippen molar-refractivity contribution in [1.29, 1.82) is 0 Å². The summed E-state index contributed by atoms with van der Waals surface area (Å²) in [5.41, 5.74) is 2.67. The maximum absolute atomic E-state index is 12.3. The van der Waals surface area contributed by atoms with Crippen LogP contribution in [0.25, 0.3) is 34.3 Å². The molecule has 0 fully saturated rings. The molecule has 0 radical (unpaired) electrons. The molecule has 2 heterocycles. The average molecular weight is 436 g/mol. The number of phenolic OH excluding ortho intramolecular Hbond substituents is 1. The first-order valence-electron chi connectivity index (χ1n) is 9.57. The summed E-state index contributed by atoms with van der Waals surface area (Å²) in [6.07, 6.45) is 1.60. The van der Waals surface area contributed by atoms with E-state index in [0.29, 0.717) is 28.2 Å². The van der Waals surface area contributed by atoms with E-state index in [4.69, 9.17) is 4.42 Å². The quantitative estimate of drug-likeness (QED) is 0.497. The number of rotatable bonds is 5. The Kier molecular flexibility index (Phi) is 5.28. The van der Waals surface area contributed by atoms with Crippen LogP contribution in [0.2, 0.25) is 0 Å². The fraction of sp³-hybridized carbons (Fsp3) is 0.182. The molecule has 0 amide bonds. The predicted octanol–water partition coefficient (Wildman–Crippen LogP) is 4.06. The van der Waals surface area contributed by atoms with Gasteiger partial charge < -0.3 is 9.52 Å². The molecule has 2 aromatic carbocycles. The molecule has 0 aliphatic heterocycles. The fourth-order valence-electron chi connectivity index (χ4n) is 2.96. The van der Waals surface area contributed by atoms with Crippen molar-refractivity contribution in [1.82, 2.24) is 20.2 Å². The van der Waals surface area contributed by atoms with Gasteiger partial charge in [-0.3, -0.25) is 4.98 Å². The zero-order chi connectivity index (χ0) is 22.2. The summed E-state index contributed by atoms with van der Waals surface area (Å²) in [7, 11) is -3.35. The molecule has 0 atom stereocenters. The highest BCUT2D eigenvalue weighted by Gasteiger charge is 2.20. The van der Waals surface area contributed by atoms with Gasteiger partial charge in [0.2, 0.25) is 0 Å². The standard InChI is InChI=1S/C22H20N4O4S/c1-13(2)31(28,29)16-10-8-15(9-11-16)18-12-23-14(3)20(24-18)22-26-25-21(30-22)17-6-4-5-7-19(17)27/h4-13,27H,1-3H3. The van der Waals surface area contributed by atoms with Crippen LogP contribution in [0.4, 0.5) is 0 Å². The Morgan fingerprint density at radius 1 is 0.968 bits per heavy atom. The average Bonchev–Trinajstić information content (AvgIpc) is 3.24. The van der Waals surface area contributed by atoms with Gasteiger partial charge in [-0.25, -0.2) is 13.4 Å². The Morgan fingerprint density at radius 3 is 2.32 bits per heavy atom. The van der Waals surface area contributed by atoms with E-state index in [1.807, 2.05) is 0 Å². The molecule has 1 N–H and O–H groups in total. The van der Waals surface area contributed by atoms with Crippen LogP contribution in [0.15, 0.2) is 64.0 Å². The summed E-state index contributed by atoms with van der Waals surface area (Å²) in [5, 5.41) is 17.6. The number of sulfone groups is 1. The topological polar surface area (TPSA) is 119 Å². The number of aryl methyl sites for hydroxylation is 1. The zero-order valence-electron chi connectivity index (χ0n) is 17.1. The molecule has 8 nitrogen and oxygen atoms in total. The van der Waals surface area contributed by atoms with Gasteiger partial charge in [-0.2, -0.15) is 0 Å². The highest BCUT2D eigenvalue weighted by atomic mass is 32.2. The van der Waals surface area contributed by atoms with Gasteiger partial charge in [0.1, 0.15) is 11.4 Å². The Labute approximate surface area is 179 Å². The molecule has 4 aromatic rings. The normalized spacial score (nSPS) is 11.7. The number of para-hydroxylation sites is 1. The minimum atomic E-state index is -3.35.